The molecule has 0 aromatic heterocycles. The Morgan fingerprint density at radius 1 is 1.50 bits per heavy atom. The maximum absolute atomic E-state index is 11.0. The van der Waals surface area contributed by atoms with Crippen LogP contribution in [-0.4, -0.2) is 5.78 Å². The highest BCUT2D eigenvalue weighted by Crippen LogP contribution is 2.16. The van der Waals surface area contributed by atoms with Gasteiger partial charge in [0, 0.05) is 12.1 Å². The highest BCUT2D eigenvalue weighted by molar-refractivity contribution is 5.98. The van der Waals surface area contributed by atoms with Crippen LogP contribution in [-0.2, 0) is 4.79 Å². The zero-order valence-corrected chi connectivity index (χ0v) is 6.27. The number of carbonyl (C=O) groups excluding carboxylic acids is 1. The van der Waals surface area contributed by atoms with Gasteiger partial charge in [-0.2, -0.15) is 0 Å². The molecule has 54 valence electrons. The first-order valence-corrected chi connectivity index (χ1v) is 3.28. The second-order valence-corrected chi connectivity index (χ2v) is 2.66. The van der Waals surface area contributed by atoms with Crippen molar-refractivity contribution in [3.8, 4) is 0 Å². The Kier molecular flexibility index (Phi) is 1.62. The highest BCUT2D eigenvalue weighted by Gasteiger charge is 2.12. The zero-order chi connectivity index (χ0) is 7.72. The predicted molar refractivity (Wildman–Crippen MR) is 40.3 cm³/mol. The molecule has 2 N–H and O–H groups in total. The molecule has 0 aliphatic heterocycles. The fraction of sp³-hybridized carbons (Fsp3) is 0.375. The smallest absolute Gasteiger partial charge is 0.162 e. The van der Waals surface area contributed by atoms with Crippen LogP contribution in [0.5, 0.6) is 0 Å². The maximum atomic E-state index is 11.0. The fourth-order valence-electron chi connectivity index (χ4n) is 0.919. The summed E-state index contributed by atoms with van der Waals surface area (Å²) < 4.78 is 0. The fourth-order valence-corrected chi connectivity index (χ4v) is 0.919. The van der Waals surface area contributed by atoms with Gasteiger partial charge in [0.1, 0.15) is 0 Å². The minimum absolute atomic E-state index is 0.187. The SMILES string of the molecule is CC1=CC(N)=C(C)CC1=O. The molecule has 0 fully saturated rings. The van der Waals surface area contributed by atoms with Crippen LogP contribution < -0.4 is 5.73 Å². The van der Waals surface area contributed by atoms with Gasteiger partial charge >= 0.3 is 0 Å². The van der Waals surface area contributed by atoms with Crippen molar-refractivity contribution < 1.29 is 4.79 Å². The largest absolute Gasteiger partial charge is 0.399 e. The number of carbonyl (C=O) groups is 1. The third-order valence-corrected chi connectivity index (χ3v) is 1.73. The lowest BCUT2D eigenvalue weighted by Crippen LogP contribution is -2.11. The highest BCUT2D eigenvalue weighted by atomic mass is 16.1. The van der Waals surface area contributed by atoms with Gasteiger partial charge in [-0.25, -0.2) is 0 Å². The molecule has 1 rings (SSSR count). The molecule has 2 heteroatoms. The van der Waals surface area contributed by atoms with E-state index >= 15 is 0 Å². The topological polar surface area (TPSA) is 43.1 Å². The molecule has 0 aromatic rings. The van der Waals surface area contributed by atoms with Crippen LogP contribution in [0.1, 0.15) is 20.3 Å². The van der Waals surface area contributed by atoms with Crippen molar-refractivity contribution in [3.05, 3.63) is 22.9 Å². The Balaban J connectivity index is 2.99. The Hall–Kier alpha value is -1.05. The summed E-state index contributed by atoms with van der Waals surface area (Å²) in [6.45, 7) is 3.68. The molecule has 0 atom stereocenters. The number of allylic oxidation sites excluding steroid dienone is 3. The van der Waals surface area contributed by atoms with E-state index in [1.165, 1.54) is 0 Å². The molecular formula is C8H11NO. The second-order valence-electron chi connectivity index (χ2n) is 2.66. The Morgan fingerprint density at radius 3 is 2.60 bits per heavy atom. The molecule has 0 heterocycles. The molecule has 1 aliphatic rings. The molecule has 10 heavy (non-hydrogen) atoms. The first-order chi connectivity index (χ1) is 4.61. The van der Waals surface area contributed by atoms with Crippen LogP contribution >= 0.6 is 0 Å². The Labute approximate surface area is 60.4 Å². The number of ketones is 1. The van der Waals surface area contributed by atoms with E-state index in [-0.39, 0.29) is 5.78 Å². The van der Waals surface area contributed by atoms with Gasteiger partial charge < -0.3 is 5.73 Å². The quantitative estimate of drug-likeness (QED) is 0.544. The summed E-state index contributed by atoms with van der Waals surface area (Å²) in [5, 5.41) is 0. The van der Waals surface area contributed by atoms with Crippen molar-refractivity contribution >= 4 is 5.78 Å². The van der Waals surface area contributed by atoms with E-state index in [2.05, 4.69) is 0 Å². The number of Topliss-reactive ketones (excluding diaryl/α,β-unsaturated/α-hetero) is 1. The molecule has 0 aromatic carbocycles. The summed E-state index contributed by atoms with van der Waals surface area (Å²) in [5.41, 5.74) is 8.08. The average molecular weight is 137 g/mol. The van der Waals surface area contributed by atoms with Gasteiger partial charge in [0.15, 0.2) is 5.78 Å². The lowest BCUT2D eigenvalue weighted by atomic mass is 9.97. The van der Waals surface area contributed by atoms with E-state index in [1.54, 1.807) is 13.0 Å². The summed E-state index contributed by atoms with van der Waals surface area (Å²) in [7, 11) is 0. The van der Waals surface area contributed by atoms with Crippen LogP contribution in [0.2, 0.25) is 0 Å². The van der Waals surface area contributed by atoms with Gasteiger partial charge in [0.25, 0.3) is 0 Å². The second kappa shape index (κ2) is 2.29. The molecule has 1 aliphatic carbocycles. The molecule has 0 radical (unpaired) electrons. The van der Waals surface area contributed by atoms with Gasteiger partial charge in [-0.1, -0.05) is 0 Å². The Bertz CT molecular complexity index is 236. The van der Waals surface area contributed by atoms with E-state index in [0.717, 1.165) is 16.8 Å². The summed E-state index contributed by atoms with van der Waals surface area (Å²) in [6.07, 6.45) is 2.23. The van der Waals surface area contributed by atoms with Crippen molar-refractivity contribution in [2.45, 2.75) is 20.3 Å². The summed E-state index contributed by atoms with van der Waals surface area (Å²) in [6, 6.07) is 0. The van der Waals surface area contributed by atoms with Gasteiger partial charge in [0.2, 0.25) is 0 Å². The van der Waals surface area contributed by atoms with E-state index in [1.807, 2.05) is 6.92 Å². The molecule has 0 spiro atoms. The predicted octanol–water partition coefficient (Wildman–Crippen LogP) is 1.14. The zero-order valence-electron chi connectivity index (χ0n) is 6.27. The van der Waals surface area contributed by atoms with Crippen LogP contribution in [0.4, 0.5) is 0 Å². The average Bonchev–Trinajstić information content (AvgIpc) is 1.84. The van der Waals surface area contributed by atoms with E-state index < -0.39 is 0 Å². The minimum Gasteiger partial charge on any atom is -0.399 e. The van der Waals surface area contributed by atoms with Crippen molar-refractivity contribution in [3.63, 3.8) is 0 Å². The van der Waals surface area contributed by atoms with Crippen molar-refractivity contribution in [1.29, 1.82) is 0 Å². The number of nitrogens with two attached hydrogens (primary N) is 1. The normalized spacial score (nSPS) is 19.4. The van der Waals surface area contributed by atoms with Gasteiger partial charge in [-0.15, -0.1) is 0 Å². The third kappa shape index (κ3) is 1.10. The van der Waals surface area contributed by atoms with Crippen molar-refractivity contribution in [2.24, 2.45) is 5.73 Å². The molecule has 0 unspecified atom stereocenters. The lowest BCUT2D eigenvalue weighted by Gasteiger charge is -2.10. The standard InChI is InChI=1S/C8H11NO/c1-5-4-8(10)6(2)3-7(5)9/h3H,4,9H2,1-2H3. The van der Waals surface area contributed by atoms with Crippen LogP contribution in [0.25, 0.3) is 0 Å². The Morgan fingerprint density at radius 2 is 2.10 bits per heavy atom. The van der Waals surface area contributed by atoms with Crippen molar-refractivity contribution in [1.82, 2.24) is 0 Å². The van der Waals surface area contributed by atoms with E-state index in [0.29, 0.717) is 6.42 Å². The molecule has 0 bridgehead atoms. The van der Waals surface area contributed by atoms with Crippen molar-refractivity contribution in [2.75, 3.05) is 0 Å². The summed E-state index contributed by atoms with van der Waals surface area (Å²) in [5.74, 6) is 0.187. The van der Waals surface area contributed by atoms with Gasteiger partial charge in [-0.3, -0.25) is 4.79 Å². The van der Waals surface area contributed by atoms with E-state index in [9.17, 15) is 4.79 Å². The van der Waals surface area contributed by atoms with Gasteiger partial charge in [0.05, 0.1) is 0 Å². The summed E-state index contributed by atoms with van der Waals surface area (Å²) >= 11 is 0. The van der Waals surface area contributed by atoms with E-state index in [4.69, 9.17) is 5.73 Å². The number of hydrogen-bond donors (Lipinski definition) is 1. The van der Waals surface area contributed by atoms with Crippen LogP contribution in [0.3, 0.4) is 0 Å². The molecule has 0 saturated heterocycles. The molecule has 2 nitrogen and oxygen atoms in total. The maximum Gasteiger partial charge on any atom is 0.162 e. The van der Waals surface area contributed by atoms with Crippen LogP contribution in [0, 0.1) is 0 Å². The first-order valence-electron chi connectivity index (χ1n) is 3.28. The molecule has 0 amide bonds. The van der Waals surface area contributed by atoms with Crippen LogP contribution in [0.15, 0.2) is 22.9 Å². The minimum atomic E-state index is 0.187. The first kappa shape index (κ1) is 7.06. The third-order valence-electron chi connectivity index (χ3n) is 1.73. The lowest BCUT2D eigenvalue weighted by molar-refractivity contribution is -0.115. The molecular weight excluding hydrogens is 126 g/mol. The number of rotatable bonds is 0. The number of hydrogen-bond acceptors (Lipinski definition) is 2. The van der Waals surface area contributed by atoms with Gasteiger partial charge in [-0.05, 0) is 31.1 Å². The summed E-state index contributed by atoms with van der Waals surface area (Å²) in [4.78, 5) is 11.0. The monoisotopic (exact) mass is 137 g/mol. The molecule has 0 saturated carbocycles.